The molecular formula is C13H14N4O2. The third-order valence-corrected chi connectivity index (χ3v) is 3.85. The molecule has 0 aliphatic heterocycles. The summed E-state index contributed by atoms with van der Waals surface area (Å²) in [5.74, 6) is 2.29. The molecule has 0 spiro atoms. The molecule has 1 aliphatic rings. The number of nitrogens with one attached hydrogen (secondary N) is 1. The Morgan fingerprint density at radius 3 is 2.95 bits per heavy atom. The summed E-state index contributed by atoms with van der Waals surface area (Å²) in [5, 5.41) is 0. The van der Waals surface area contributed by atoms with Crippen molar-refractivity contribution in [3.8, 4) is 0 Å². The average molecular weight is 258 g/mol. The molecule has 1 fully saturated rings. The second-order valence-corrected chi connectivity index (χ2v) is 5.21. The van der Waals surface area contributed by atoms with Crippen LogP contribution in [0.25, 0.3) is 17.0 Å². The van der Waals surface area contributed by atoms with Gasteiger partial charge < -0.3 is 9.40 Å². The Balaban J connectivity index is 1.98. The standard InChI is InChI=1S/C13H14N4O2/c1-7-6-17-12(18)9-11(16-13(17)19-7)15-10(14-9)8-4-2-3-5-8/h6,8H,2-5H2,1H3,(H,14,15). The summed E-state index contributed by atoms with van der Waals surface area (Å²) in [6.45, 7) is 1.79. The molecule has 1 aliphatic carbocycles. The van der Waals surface area contributed by atoms with Crippen molar-refractivity contribution in [3.05, 3.63) is 28.1 Å². The lowest BCUT2D eigenvalue weighted by atomic mass is 10.1. The van der Waals surface area contributed by atoms with E-state index in [2.05, 4.69) is 15.0 Å². The molecule has 1 saturated carbocycles. The molecule has 19 heavy (non-hydrogen) atoms. The zero-order valence-electron chi connectivity index (χ0n) is 10.6. The SMILES string of the molecule is Cc1cn2c(=O)c3[nH]c(C4CCCC4)nc3nc2o1. The first-order valence-corrected chi connectivity index (χ1v) is 6.61. The molecule has 3 aromatic heterocycles. The summed E-state index contributed by atoms with van der Waals surface area (Å²) >= 11 is 0. The number of rotatable bonds is 1. The van der Waals surface area contributed by atoms with Crippen LogP contribution in [0.1, 0.15) is 43.2 Å². The fourth-order valence-corrected chi connectivity index (χ4v) is 2.89. The van der Waals surface area contributed by atoms with E-state index in [4.69, 9.17) is 4.42 Å². The lowest BCUT2D eigenvalue weighted by molar-refractivity contribution is 0.560. The van der Waals surface area contributed by atoms with Crippen molar-refractivity contribution in [2.24, 2.45) is 0 Å². The molecule has 6 heteroatoms. The summed E-state index contributed by atoms with van der Waals surface area (Å²) in [7, 11) is 0. The number of aromatic amines is 1. The van der Waals surface area contributed by atoms with Gasteiger partial charge in [-0.15, -0.1) is 0 Å². The Bertz CT molecular complexity index is 820. The van der Waals surface area contributed by atoms with Gasteiger partial charge in [-0.25, -0.2) is 9.38 Å². The van der Waals surface area contributed by atoms with Gasteiger partial charge in [-0.1, -0.05) is 12.8 Å². The summed E-state index contributed by atoms with van der Waals surface area (Å²) in [6.07, 6.45) is 6.39. The number of nitrogens with zero attached hydrogens (tertiary/aromatic N) is 3. The highest BCUT2D eigenvalue weighted by atomic mass is 16.4. The van der Waals surface area contributed by atoms with E-state index in [9.17, 15) is 4.79 Å². The van der Waals surface area contributed by atoms with Crippen molar-refractivity contribution in [1.82, 2.24) is 19.4 Å². The number of fused-ring (bicyclic) bond motifs is 2. The maximum atomic E-state index is 12.3. The maximum Gasteiger partial charge on any atom is 0.311 e. The normalized spacial score (nSPS) is 16.9. The van der Waals surface area contributed by atoms with Gasteiger partial charge in [0.05, 0.1) is 6.20 Å². The van der Waals surface area contributed by atoms with Crippen LogP contribution in [-0.4, -0.2) is 19.4 Å². The molecule has 0 aromatic carbocycles. The molecule has 0 bridgehead atoms. The van der Waals surface area contributed by atoms with Gasteiger partial charge >= 0.3 is 5.84 Å². The third kappa shape index (κ3) is 1.52. The van der Waals surface area contributed by atoms with Gasteiger partial charge in [0.25, 0.3) is 5.56 Å². The summed E-state index contributed by atoms with van der Waals surface area (Å²) in [6, 6.07) is 0. The fraction of sp³-hybridized carbons (Fsp3) is 0.462. The number of aromatic nitrogens is 4. The molecule has 0 saturated heterocycles. The molecule has 3 aromatic rings. The van der Waals surface area contributed by atoms with Crippen molar-refractivity contribution in [3.63, 3.8) is 0 Å². The third-order valence-electron chi connectivity index (χ3n) is 3.85. The predicted octanol–water partition coefficient (Wildman–Crippen LogP) is 2.13. The van der Waals surface area contributed by atoms with Crippen LogP contribution in [-0.2, 0) is 0 Å². The average Bonchev–Trinajstić information content (AvgIpc) is 3.05. The van der Waals surface area contributed by atoms with E-state index < -0.39 is 0 Å². The first-order chi connectivity index (χ1) is 9.22. The quantitative estimate of drug-likeness (QED) is 0.725. The first-order valence-electron chi connectivity index (χ1n) is 6.61. The summed E-state index contributed by atoms with van der Waals surface area (Å²) < 4.78 is 6.81. The van der Waals surface area contributed by atoms with Crippen molar-refractivity contribution < 1.29 is 4.42 Å². The van der Waals surface area contributed by atoms with Crippen molar-refractivity contribution in [1.29, 1.82) is 0 Å². The molecule has 6 nitrogen and oxygen atoms in total. The minimum atomic E-state index is -0.145. The van der Waals surface area contributed by atoms with Gasteiger partial charge in [-0.2, -0.15) is 4.98 Å². The largest absolute Gasteiger partial charge is 0.428 e. The Labute approximate surface area is 108 Å². The second-order valence-electron chi connectivity index (χ2n) is 5.21. The van der Waals surface area contributed by atoms with E-state index in [-0.39, 0.29) is 5.56 Å². The van der Waals surface area contributed by atoms with Gasteiger partial charge in [0.2, 0.25) is 0 Å². The summed E-state index contributed by atoms with van der Waals surface area (Å²) in [5.41, 5.74) is 0.787. The van der Waals surface area contributed by atoms with E-state index in [1.165, 1.54) is 17.2 Å². The Morgan fingerprint density at radius 2 is 2.16 bits per heavy atom. The smallest absolute Gasteiger partial charge is 0.311 e. The molecule has 0 amide bonds. The highest BCUT2D eigenvalue weighted by molar-refractivity contribution is 5.71. The number of imidazole rings is 1. The van der Waals surface area contributed by atoms with E-state index in [1.54, 1.807) is 13.1 Å². The number of hydrogen-bond donors (Lipinski definition) is 1. The molecular weight excluding hydrogens is 244 g/mol. The van der Waals surface area contributed by atoms with Crippen LogP contribution in [0.4, 0.5) is 0 Å². The van der Waals surface area contributed by atoms with Gasteiger partial charge in [0.15, 0.2) is 11.2 Å². The Kier molecular flexibility index (Phi) is 2.09. The molecule has 98 valence electrons. The van der Waals surface area contributed by atoms with Crippen molar-refractivity contribution in [2.75, 3.05) is 0 Å². The maximum absolute atomic E-state index is 12.3. The lowest BCUT2D eigenvalue weighted by Gasteiger charge is -2.02. The fourth-order valence-electron chi connectivity index (χ4n) is 2.89. The monoisotopic (exact) mass is 258 g/mol. The van der Waals surface area contributed by atoms with Gasteiger partial charge in [0.1, 0.15) is 11.6 Å². The number of oxazole rings is 1. The van der Waals surface area contributed by atoms with Crippen LogP contribution in [0.3, 0.4) is 0 Å². The van der Waals surface area contributed by atoms with E-state index in [0.717, 1.165) is 18.7 Å². The second kappa shape index (κ2) is 3.69. The number of hydrogen-bond acceptors (Lipinski definition) is 4. The number of H-pyrrole nitrogens is 1. The minimum absolute atomic E-state index is 0.145. The zero-order chi connectivity index (χ0) is 13.0. The van der Waals surface area contributed by atoms with Crippen LogP contribution < -0.4 is 5.56 Å². The first kappa shape index (κ1) is 10.8. The highest BCUT2D eigenvalue weighted by Crippen LogP contribution is 2.32. The van der Waals surface area contributed by atoms with Crippen LogP contribution in [0.2, 0.25) is 0 Å². The highest BCUT2D eigenvalue weighted by Gasteiger charge is 2.22. The van der Waals surface area contributed by atoms with Crippen molar-refractivity contribution >= 4 is 17.0 Å². The molecule has 0 radical (unpaired) electrons. The van der Waals surface area contributed by atoms with Crippen LogP contribution in [0.5, 0.6) is 0 Å². The number of aryl methyl sites for hydroxylation is 1. The van der Waals surface area contributed by atoms with Crippen LogP contribution in [0.15, 0.2) is 15.4 Å². The molecule has 0 unspecified atom stereocenters. The van der Waals surface area contributed by atoms with Crippen molar-refractivity contribution in [2.45, 2.75) is 38.5 Å². The van der Waals surface area contributed by atoms with Gasteiger partial charge in [0, 0.05) is 5.92 Å². The topological polar surface area (TPSA) is 76.2 Å². The summed E-state index contributed by atoms with van der Waals surface area (Å²) in [4.78, 5) is 24.3. The van der Waals surface area contributed by atoms with E-state index >= 15 is 0 Å². The minimum Gasteiger partial charge on any atom is -0.428 e. The molecule has 4 rings (SSSR count). The predicted molar refractivity (Wildman–Crippen MR) is 69.3 cm³/mol. The van der Waals surface area contributed by atoms with Crippen LogP contribution >= 0.6 is 0 Å². The van der Waals surface area contributed by atoms with Gasteiger partial charge in [-0.3, -0.25) is 4.79 Å². The molecule has 3 heterocycles. The molecule has 0 atom stereocenters. The lowest BCUT2D eigenvalue weighted by Crippen LogP contribution is -2.13. The Hall–Kier alpha value is -2.11. The Morgan fingerprint density at radius 1 is 1.37 bits per heavy atom. The van der Waals surface area contributed by atoms with Crippen LogP contribution in [0, 0.1) is 6.92 Å². The van der Waals surface area contributed by atoms with E-state index in [1.807, 2.05) is 0 Å². The zero-order valence-corrected chi connectivity index (χ0v) is 10.6. The van der Waals surface area contributed by atoms with E-state index in [0.29, 0.717) is 28.7 Å². The molecule has 1 N–H and O–H groups in total. The van der Waals surface area contributed by atoms with Gasteiger partial charge in [-0.05, 0) is 19.8 Å².